The number of methoxy groups -OCH3 is 1. The summed E-state index contributed by atoms with van der Waals surface area (Å²) in [4.78, 5) is 24.0. The van der Waals surface area contributed by atoms with E-state index in [1.807, 2.05) is 18.2 Å². The molecule has 2 aromatic carbocycles. The molecule has 2 amide bonds. The number of halogens is 1. The van der Waals surface area contributed by atoms with Gasteiger partial charge in [-0.2, -0.15) is 0 Å². The molecule has 2 aromatic rings. The van der Waals surface area contributed by atoms with Crippen molar-refractivity contribution in [1.29, 1.82) is 0 Å². The molecular formula is C21H23FN2O4. The lowest BCUT2D eigenvalue weighted by Gasteiger charge is -2.20. The zero-order valence-electron chi connectivity index (χ0n) is 16.2. The van der Waals surface area contributed by atoms with Crippen LogP contribution in [0.25, 0.3) is 6.08 Å². The van der Waals surface area contributed by atoms with Crippen LogP contribution in [0, 0.1) is 5.82 Å². The summed E-state index contributed by atoms with van der Waals surface area (Å²) in [6.45, 7) is 5.11. The zero-order valence-corrected chi connectivity index (χ0v) is 16.2. The third-order valence-corrected chi connectivity index (χ3v) is 3.42. The van der Waals surface area contributed by atoms with Gasteiger partial charge < -0.3 is 14.8 Å². The first kappa shape index (κ1) is 21.0. The zero-order chi connectivity index (χ0) is 20.7. The van der Waals surface area contributed by atoms with Gasteiger partial charge in [0.05, 0.1) is 12.8 Å². The molecule has 0 aromatic heterocycles. The minimum atomic E-state index is -0.786. The van der Waals surface area contributed by atoms with Crippen LogP contribution < -0.4 is 15.4 Å². The van der Waals surface area contributed by atoms with E-state index in [-0.39, 0.29) is 5.69 Å². The number of carbonyl (C=O) groups excluding carboxylic acids is 2. The molecule has 0 heterocycles. The molecule has 2 rings (SSSR count). The molecule has 0 spiro atoms. The van der Waals surface area contributed by atoms with E-state index in [2.05, 4.69) is 10.6 Å². The molecule has 0 bridgehead atoms. The number of hydrogen-bond acceptors (Lipinski definition) is 4. The summed E-state index contributed by atoms with van der Waals surface area (Å²) in [5.74, 6) is -0.425. The van der Waals surface area contributed by atoms with E-state index >= 15 is 0 Å². The van der Waals surface area contributed by atoms with Gasteiger partial charge in [0, 0.05) is 17.3 Å². The summed E-state index contributed by atoms with van der Waals surface area (Å²) >= 11 is 0. The van der Waals surface area contributed by atoms with Gasteiger partial charge in [-0.25, -0.2) is 9.18 Å². The van der Waals surface area contributed by atoms with E-state index in [1.165, 1.54) is 18.2 Å². The van der Waals surface area contributed by atoms with Crippen molar-refractivity contribution < 1.29 is 23.5 Å². The van der Waals surface area contributed by atoms with E-state index in [4.69, 9.17) is 9.47 Å². The number of para-hydroxylation sites is 1. The molecule has 0 atom stereocenters. The Hall–Kier alpha value is -3.35. The first-order valence-electron chi connectivity index (χ1n) is 8.59. The number of ether oxygens (including phenoxy) is 2. The average Bonchev–Trinajstić information content (AvgIpc) is 2.61. The second-order valence-electron chi connectivity index (χ2n) is 6.89. The van der Waals surface area contributed by atoms with Crippen LogP contribution in [0.2, 0.25) is 0 Å². The molecule has 0 unspecified atom stereocenters. The highest BCUT2D eigenvalue weighted by atomic mass is 19.1. The Bertz CT molecular complexity index is 888. The molecule has 0 aliphatic rings. The minimum Gasteiger partial charge on any atom is -0.496 e. The van der Waals surface area contributed by atoms with Gasteiger partial charge in [0.2, 0.25) is 5.91 Å². The van der Waals surface area contributed by atoms with Crippen LogP contribution in [0.1, 0.15) is 26.3 Å². The van der Waals surface area contributed by atoms with Crippen molar-refractivity contribution in [2.75, 3.05) is 17.7 Å². The normalized spacial score (nSPS) is 11.2. The van der Waals surface area contributed by atoms with Gasteiger partial charge in [0.25, 0.3) is 0 Å². The summed E-state index contributed by atoms with van der Waals surface area (Å²) in [6, 6.07) is 11.1. The van der Waals surface area contributed by atoms with Crippen molar-refractivity contribution in [2.45, 2.75) is 26.4 Å². The van der Waals surface area contributed by atoms with Gasteiger partial charge in [-0.3, -0.25) is 10.1 Å². The Balaban J connectivity index is 2.06. The SMILES string of the molecule is COc1ccccc1C=CC(=O)Nc1ccc(F)c(NC(=O)OC(C)(C)C)c1. The van der Waals surface area contributed by atoms with E-state index < -0.39 is 23.4 Å². The van der Waals surface area contributed by atoms with E-state index in [0.29, 0.717) is 11.4 Å². The van der Waals surface area contributed by atoms with Crippen LogP contribution in [0.4, 0.5) is 20.6 Å². The van der Waals surface area contributed by atoms with Crippen molar-refractivity contribution in [3.05, 3.63) is 59.9 Å². The summed E-state index contributed by atoms with van der Waals surface area (Å²) < 4.78 is 24.3. The maximum atomic E-state index is 13.9. The van der Waals surface area contributed by atoms with Gasteiger partial charge in [0.1, 0.15) is 17.2 Å². The highest BCUT2D eigenvalue weighted by molar-refractivity contribution is 6.02. The van der Waals surface area contributed by atoms with Crippen LogP contribution in [-0.4, -0.2) is 24.7 Å². The molecule has 0 radical (unpaired) electrons. The average molecular weight is 386 g/mol. The standard InChI is InChI=1S/C21H23FN2O4/c1-21(2,3)28-20(26)24-17-13-15(10-11-16(17)22)23-19(25)12-9-14-7-5-6-8-18(14)27-4/h5-13H,1-4H3,(H,23,25)(H,24,26). The summed E-state index contributed by atoms with van der Waals surface area (Å²) in [6.07, 6.45) is 2.16. The van der Waals surface area contributed by atoms with E-state index in [1.54, 1.807) is 40.0 Å². The number of rotatable bonds is 5. The van der Waals surface area contributed by atoms with Gasteiger partial charge in [-0.1, -0.05) is 18.2 Å². The van der Waals surface area contributed by atoms with Crippen molar-refractivity contribution in [1.82, 2.24) is 0 Å². The Morgan fingerprint density at radius 1 is 1.07 bits per heavy atom. The highest BCUT2D eigenvalue weighted by Crippen LogP contribution is 2.22. The fourth-order valence-corrected chi connectivity index (χ4v) is 2.27. The molecule has 0 saturated heterocycles. The molecule has 0 aliphatic carbocycles. The van der Waals surface area contributed by atoms with E-state index in [9.17, 15) is 14.0 Å². The first-order chi connectivity index (χ1) is 13.2. The summed E-state index contributed by atoms with van der Waals surface area (Å²) in [5.41, 5.74) is 0.254. The van der Waals surface area contributed by atoms with E-state index in [0.717, 1.165) is 11.6 Å². The second kappa shape index (κ2) is 9.03. The molecule has 148 valence electrons. The number of nitrogens with one attached hydrogen (secondary N) is 2. The lowest BCUT2D eigenvalue weighted by atomic mass is 10.2. The van der Waals surface area contributed by atoms with Crippen molar-refractivity contribution >= 4 is 29.5 Å². The maximum Gasteiger partial charge on any atom is 0.412 e. The molecule has 0 fully saturated rings. The number of carbonyl (C=O) groups is 2. The van der Waals surface area contributed by atoms with Crippen LogP contribution >= 0.6 is 0 Å². The monoisotopic (exact) mass is 386 g/mol. The van der Waals surface area contributed by atoms with Gasteiger partial charge in [0.15, 0.2) is 0 Å². The Morgan fingerprint density at radius 2 is 1.79 bits per heavy atom. The Morgan fingerprint density at radius 3 is 2.46 bits per heavy atom. The van der Waals surface area contributed by atoms with Crippen LogP contribution in [-0.2, 0) is 9.53 Å². The van der Waals surface area contributed by atoms with Crippen molar-refractivity contribution in [3.8, 4) is 5.75 Å². The van der Waals surface area contributed by atoms with Crippen molar-refractivity contribution in [2.24, 2.45) is 0 Å². The van der Waals surface area contributed by atoms with Crippen LogP contribution in [0.15, 0.2) is 48.5 Å². The number of benzene rings is 2. The molecular weight excluding hydrogens is 363 g/mol. The smallest absolute Gasteiger partial charge is 0.412 e. The predicted molar refractivity (Wildman–Crippen MR) is 107 cm³/mol. The fraction of sp³-hybridized carbons (Fsp3) is 0.238. The third-order valence-electron chi connectivity index (χ3n) is 3.42. The highest BCUT2D eigenvalue weighted by Gasteiger charge is 2.17. The van der Waals surface area contributed by atoms with Crippen LogP contribution in [0.3, 0.4) is 0 Å². The molecule has 0 aliphatic heterocycles. The van der Waals surface area contributed by atoms with Gasteiger partial charge >= 0.3 is 6.09 Å². The maximum absolute atomic E-state index is 13.9. The molecule has 0 saturated carbocycles. The summed E-state index contributed by atoms with van der Waals surface area (Å²) in [5, 5.41) is 4.94. The second-order valence-corrected chi connectivity index (χ2v) is 6.89. The Labute approximate surface area is 163 Å². The molecule has 28 heavy (non-hydrogen) atoms. The largest absolute Gasteiger partial charge is 0.496 e. The molecule has 7 heteroatoms. The summed E-state index contributed by atoms with van der Waals surface area (Å²) in [7, 11) is 1.55. The fourth-order valence-electron chi connectivity index (χ4n) is 2.27. The Kier molecular flexibility index (Phi) is 6.76. The molecule has 2 N–H and O–H groups in total. The predicted octanol–water partition coefficient (Wildman–Crippen LogP) is 4.83. The quantitative estimate of drug-likeness (QED) is 0.722. The number of amides is 2. The molecule has 6 nitrogen and oxygen atoms in total. The third kappa shape index (κ3) is 6.42. The first-order valence-corrected chi connectivity index (χ1v) is 8.59. The number of hydrogen-bond donors (Lipinski definition) is 2. The lowest BCUT2D eigenvalue weighted by Crippen LogP contribution is -2.27. The van der Waals surface area contributed by atoms with Crippen molar-refractivity contribution in [3.63, 3.8) is 0 Å². The van der Waals surface area contributed by atoms with Gasteiger partial charge in [-0.05, 0) is 51.1 Å². The van der Waals surface area contributed by atoms with Crippen LogP contribution in [0.5, 0.6) is 5.75 Å². The lowest BCUT2D eigenvalue weighted by molar-refractivity contribution is -0.111. The van der Waals surface area contributed by atoms with Gasteiger partial charge in [-0.15, -0.1) is 0 Å². The minimum absolute atomic E-state index is 0.0965. The number of anilines is 2. The topological polar surface area (TPSA) is 76.7 Å².